The summed E-state index contributed by atoms with van der Waals surface area (Å²) in [6.45, 7) is 4.30. The van der Waals surface area contributed by atoms with Gasteiger partial charge in [0.05, 0.1) is 11.4 Å². The Morgan fingerprint density at radius 3 is 1.87 bits per heavy atom. The molecule has 116 valence electrons. The van der Waals surface area contributed by atoms with Crippen LogP contribution in [-0.4, -0.2) is 4.98 Å². The molecule has 0 aliphatic heterocycles. The van der Waals surface area contributed by atoms with E-state index in [9.17, 15) is 0 Å². The van der Waals surface area contributed by atoms with Crippen LogP contribution < -0.4 is 0 Å². The maximum atomic E-state index is 6.01. The van der Waals surface area contributed by atoms with Gasteiger partial charge in [-0.2, -0.15) is 0 Å². The van der Waals surface area contributed by atoms with E-state index in [1.165, 1.54) is 11.1 Å². The number of halogens is 2. The molecule has 3 aromatic rings. The van der Waals surface area contributed by atoms with Crippen molar-refractivity contribution in [1.29, 1.82) is 0 Å². The molecule has 0 fully saturated rings. The molecule has 3 rings (SSSR count). The average molecular weight is 342 g/mol. The molecule has 0 unspecified atom stereocenters. The lowest BCUT2D eigenvalue weighted by molar-refractivity contribution is 1.08. The van der Waals surface area contributed by atoms with E-state index in [0.717, 1.165) is 39.0 Å². The fraction of sp³-hybridized carbons (Fsp3) is 0.150. The Morgan fingerprint density at radius 2 is 1.35 bits per heavy atom. The Bertz CT molecular complexity index is 822. The number of pyridine rings is 1. The molecule has 1 aromatic heterocycles. The second kappa shape index (κ2) is 6.74. The quantitative estimate of drug-likeness (QED) is 0.523. The first-order valence-electron chi connectivity index (χ1n) is 7.61. The second-order valence-electron chi connectivity index (χ2n) is 5.52. The monoisotopic (exact) mass is 341 g/mol. The largest absolute Gasteiger partial charge is 0.247 e. The van der Waals surface area contributed by atoms with Gasteiger partial charge in [0.15, 0.2) is 0 Å². The first kappa shape index (κ1) is 16.0. The Kier molecular flexibility index (Phi) is 4.70. The molecule has 0 N–H and O–H groups in total. The standard InChI is InChI=1S/C20H17Cl2N/c1-3-18-13(2)12-19(14-4-8-16(21)9-5-14)23-20(18)15-6-10-17(22)11-7-15/h4-12H,3H2,1-2H3. The Balaban J connectivity index is 2.17. The summed E-state index contributed by atoms with van der Waals surface area (Å²) in [5.41, 5.74) is 6.65. The van der Waals surface area contributed by atoms with Gasteiger partial charge in [-0.25, -0.2) is 4.98 Å². The van der Waals surface area contributed by atoms with Gasteiger partial charge in [-0.1, -0.05) is 54.4 Å². The van der Waals surface area contributed by atoms with Crippen molar-refractivity contribution in [3.05, 3.63) is 75.8 Å². The first-order valence-corrected chi connectivity index (χ1v) is 8.36. The number of aromatic nitrogens is 1. The van der Waals surface area contributed by atoms with E-state index in [0.29, 0.717) is 0 Å². The van der Waals surface area contributed by atoms with Crippen LogP contribution in [0.25, 0.3) is 22.5 Å². The van der Waals surface area contributed by atoms with Crippen molar-refractivity contribution in [2.24, 2.45) is 0 Å². The predicted octanol–water partition coefficient (Wildman–Crippen LogP) is 6.59. The molecule has 0 bridgehead atoms. The number of aryl methyl sites for hydroxylation is 1. The van der Waals surface area contributed by atoms with Crippen molar-refractivity contribution >= 4 is 23.2 Å². The van der Waals surface area contributed by atoms with E-state index >= 15 is 0 Å². The van der Waals surface area contributed by atoms with Crippen molar-refractivity contribution in [2.45, 2.75) is 20.3 Å². The molecule has 1 nitrogen and oxygen atoms in total. The maximum Gasteiger partial charge on any atom is 0.0744 e. The molecule has 0 spiro atoms. The number of hydrogen-bond donors (Lipinski definition) is 0. The Hall–Kier alpha value is -1.83. The van der Waals surface area contributed by atoms with E-state index < -0.39 is 0 Å². The van der Waals surface area contributed by atoms with Crippen LogP contribution in [0.2, 0.25) is 10.0 Å². The molecule has 0 amide bonds. The molecule has 3 heteroatoms. The lowest BCUT2D eigenvalue weighted by Crippen LogP contribution is -1.98. The normalized spacial score (nSPS) is 10.8. The minimum absolute atomic E-state index is 0.730. The zero-order valence-corrected chi connectivity index (χ0v) is 14.6. The topological polar surface area (TPSA) is 12.9 Å². The van der Waals surface area contributed by atoms with E-state index in [2.05, 4.69) is 19.9 Å². The Labute approximate surface area is 146 Å². The van der Waals surface area contributed by atoms with Crippen LogP contribution in [0.3, 0.4) is 0 Å². The molecule has 0 aliphatic rings. The number of nitrogens with zero attached hydrogens (tertiary/aromatic N) is 1. The first-order chi connectivity index (χ1) is 11.1. The maximum absolute atomic E-state index is 6.01. The summed E-state index contributed by atoms with van der Waals surface area (Å²) in [6.07, 6.45) is 0.942. The molecule has 0 aliphatic carbocycles. The lowest BCUT2D eigenvalue weighted by Gasteiger charge is -2.14. The molecule has 0 saturated carbocycles. The molecule has 0 atom stereocenters. The van der Waals surface area contributed by atoms with Crippen LogP contribution in [0, 0.1) is 6.92 Å². The van der Waals surface area contributed by atoms with Gasteiger partial charge in [-0.15, -0.1) is 0 Å². The number of benzene rings is 2. The van der Waals surface area contributed by atoms with E-state index in [-0.39, 0.29) is 0 Å². The van der Waals surface area contributed by atoms with Crippen molar-refractivity contribution in [3.8, 4) is 22.5 Å². The highest BCUT2D eigenvalue weighted by Crippen LogP contribution is 2.30. The average Bonchev–Trinajstić information content (AvgIpc) is 2.55. The van der Waals surface area contributed by atoms with Crippen LogP contribution in [-0.2, 0) is 6.42 Å². The van der Waals surface area contributed by atoms with Crippen LogP contribution in [0.1, 0.15) is 18.1 Å². The molecule has 1 heterocycles. The fourth-order valence-electron chi connectivity index (χ4n) is 2.76. The lowest BCUT2D eigenvalue weighted by atomic mass is 9.97. The summed E-state index contributed by atoms with van der Waals surface area (Å²) >= 11 is 12.0. The van der Waals surface area contributed by atoms with Gasteiger partial charge in [0.25, 0.3) is 0 Å². The van der Waals surface area contributed by atoms with Crippen LogP contribution in [0.4, 0.5) is 0 Å². The van der Waals surface area contributed by atoms with Gasteiger partial charge < -0.3 is 0 Å². The summed E-state index contributed by atoms with van der Waals surface area (Å²) in [6, 6.07) is 17.8. The zero-order valence-electron chi connectivity index (χ0n) is 13.1. The van der Waals surface area contributed by atoms with Gasteiger partial charge in [-0.05, 0) is 54.8 Å². The van der Waals surface area contributed by atoms with Crippen LogP contribution >= 0.6 is 23.2 Å². The second-order valence-corrected chi connectivity index (χ2v) is 6.39. The third-order valence-corrected chi connectivity index (χ3v) is 4.46. The molecule has 0 radical (unpaired) electrons. The van der Waals surface area contributed by atoms with Crippen molar-refractivity contribution in [3.63, 3.8) is 0 Å². The summed E-state index contributed by atoms with van der Waals surface area (Å²) in [5.74, 6) is 0. The minimum Gasteiger partial charge on any atom is -0.247 e. The molecular formula is C20H17Cl2N. The zero-order chi connectivity index (χ0) is 16.4. The third kappa shape index (κ3) is 3.41. The predicted molar refractivity (Wildman–Crippen MR) is 99.2 cm³/mol. The van der Waals surface area contributed by atoms with Crippen molar-refractivity contribution in [2.75, 3.05) is 0 Å². The van der Waals surface area contributed by atoms with Gasteiger partial charge in [-0.3, -0.25) is 0 Å². The van der Waals surface area contributed by atoms with Crippen LogP contribution in [0.5, 0.6) is 0 Å². The number of hydrogen-bond acceptors (Lipinski definition) is 1. The summed E-state index contributed by atoms with van der Waals surface area (Å²) in [5, 5.41) is 1.46. The van der Waals surface area contributed by atoms with Gasteiger partial charge in [0.2, 0.25) is 0 Å². The Morgan fingerprint density at radius 1 is 0.826 bits per heavy atom. The van der Waals surface area contributed by atoms with Gasteiger partial charge >= 0.3 is 0 Å². The summed E-state index contributed by atoms with van der Waals surface area (Å²) in [7, 11) is 0. The van der Waals surface area contributed by atoms with E-state index in [1.54, 1.807) is 0 Å². The highest BCUT2D eigenvalue weighted by Gasteiger charge is 2.12. The van der Waals surface area contributed by atoms with Gasteiger partial charge in [0, 0.05) is 21.2 Å². The van der Waals surface area contributed by atoms with E-state index in [1.807, 2.05) is 48.5 Å². The fourth-order valence-corrected chi connectivity index (χ4v) is 3.01. The van der Waals surface area contributed by atoms with E-state index in [4.69, 9.17) is 28.2 Å². The summed E-state index contributed by atoms with van der Waals surface area (Å²) < 4.78 is 0. The van der Waals surface area contributed by atoms with Crippen molar-refractivity contribution in [1.82, 2.24) is 4.98 Å². The highest BCUT2D eigenvalue weighted by molar-refractivity contribution is 6.30. The smallest absolute Gasteiger partial charge is 0.0744 e. The molecule has 23 heavy (non-hydrogen) atoms. The molecular weight excluding hydrogens is 325 g/mol. The number of rotatable bonds is 3. The molecule has 0 saturated heterocycles. The third-order valence-electron chi connectivity index (χ3n) is 3.96. The molecule has 2 aromatic carbocycles. The minimum atomic E-state index is 0.730. The summed E-state index contributed by atoms with van der Waals surface area (Å²) in [4.78, 5) is 4.92. The van der Waals surface area contributed by atoms with Gasteiger partial charge in [0.1, 0.15) is 0 Å². The van der Waals surface area contributed by atoms with Crippen molar-refractivity contribution < 1.29 is 0 Å². The SMILES string of the molecule is CCc1c(C)cc(-c2ccc(Cl)cc2)nc1-c1ccc(Cl)cc1. The highest BCUT2D eigenvalue weighted by atomic mass is 35.5. The van der Waals surface area contributed by atoms with Crippen LogP contribution in [0.15, 0.2) is 54.6 Å².